The second-order valence-electron chi connectivity index (χ2n) is 8.74. The van der Waals surface area contributed by atoms with Gasteiger partial charge in [-0.2, -0.15) is 0 Å². The molecule has 1 aromatic carbocycles. The number of halogens is 1. The van der Waals surface area contributed by atoms with Crippen molar-refractivity contribution < 1.29 is 14.0 Å². The SMILES string of the molecule is Cc1nc([C@H]2CCCN(C(=O)CC(C)C)C2)nc(C)c1CC(=O)Nc1ccc(F)cc1. The van der Waals surface area contributed by atoms with Crippen LogP contribution in [0.15, 0.2) is 24.3 Å². The first-order chi connectivity index (χ1) is 14.7. The average Bonchev–Trinajstić information content (AvgIpc) is 2.72. The van der Waals surface area contributed by atoms with Gasteiger partial charge in [-0.15, -0.1) is 0 Å². The Balaban J connectivity index is 1.68. The summed E-state index contributed by atoms with van der Waals surface area (Å²) in [5.41, 5.74) is 2.91. The van der Waals surface area contributed by atoms with Crippen LogP contribution in [0.2, 0.25) is 0 Å². The van der Waals surface area contributed by atoms with Gasteiger partial charge in [0, 0.05) is 48.1 Å². The van der Waals surface area contributed by atoms with E-state index < -0.39 is 0 Å². The third-order valence-electron chi connectivity index (χ3n) is 5.63. The minimum absolute atomic E-state index is 0.115. The van der Waals surface area contributed by atoms with Crippen LogP contribution in [0.1, 0.15) is 61.8 Å². The number of benzene rings is 1. The first kappa shape index (κ1) is 22.8. The number of rotatable bonds is 6. The van der Waals surface area contributed by atoms with E-state index >= 15 is 0 Å². The number of nitrogens with zero attached hydrogens (tertiary/aromatic N) is 3. The molecule has 0 aliphatic carbocycles. The zero-order valence-corrected chi connectivity index (χ0v) is 18.7. The first-order valence-corrected chi connectivity index (χ1v) is 10.9. The lowest BCUT2D eigenvalue weighted by Crippen LogP contribution is -2.40. The molecule has 0 bridgehead atoms. The van der Waals surface area contributed by atoms with Crippen LogP contribution in [0.25, 0.3) is 0 Å². The van der Waals surface area contributed by atoms with Gasteiger partial charge in [0.05, 0.1) is 6.42 Å². The van der Waals surface area contributed by atoms with Crippen LogP contribution in [-0.4, -0.2) is 39.8 Å². The highest BCUT2D eigenvalue weighted by Gasteiger charge is 2.27. The van der Waals surface area contributed by atoms with Gasteiger partial charge in [0.15, 0.2) is 0 Å². The smallest absolute Gasteiger partial charge is 0.228 e. The molecule has 0 saturated carbocycles. The first-order valence-electron chi connectivity index (χ1n) is 10.9. The molecule has 1 aliphatic heterocycles. The summed E-state index contributed by atoms with van der Waals surface area (Å²) in [5, 5.41) is 2.78. The molecule has 2 amide bonds. The Hall–Kier alpha value is -2.83. The minimum Gasteiger partial charge on any atom is -0.342 e. The lowest BCUT2D eigenvalue weighted by molar-refractivity contribution is -0.133. The Labute approximate surface area is 183 Å². The van der Waals surface area contributed by atoms with Crippen LogP contribution >= 0.6 is 0 Å². The molecular weight excluding hydrogens is 395 g/mol. The number of carbonyl (C=O) groups is 2. The maximum absolute atomic E-state index is 13.0. The highest BCUT2D eigenvalue weighted by atomic mass is 19.1. The molecule has 0 unspecified atom stereocenters. The monoisotopic (exact) mass is 426 g/mol. The van der Waals surface area contributed by atoms with Gasteiger partial charge >= 0.3 is 0 Å². The second kappa shape index (κ2) is 9.98. The molecule has 1 N–H and O–H groups in total. The molecule has 1 saturated heterocycles. The Bertz CT molecular complexity index is 920. The molecule has 0 radical (unpaired) electrons. The summed E-state index contributed by atoms with van der Waals surface area (Å²) in [5.74, 6) is 0.860. The van der Waals surface area contributed by atoms with E-state index in [9.17, 15) is 14.0 Å². The van der Waals surface area contributed by atoms with E-state index in [4.69, 9.17) is 9.97 Å². The Morgan fingerprint density at radius 2 is 1.81 bits per heavy atom. The largest absolute Gasteiger partial charge is 0.342 e. The zero-order valence-electron chi connectivity index (χ0n) is 18.7. The van der Waals surface area contributed by atoms with Crippen LogP contribution in [0.5, 0.6) is 0 Å². The quantitative estimate of drug-likeness (QED) is 0.752. The molecule has 1 fully saturated rings. The molecule has 1 aliphatic rings. The fourth-order valence-corrected chi connectivity index (χ4v) is 4.00. The summed E-state index contributed by atoms with van der Waals surface area (Å²) in [4.78, 5) is 36.3. The number of anilines is 1. The predicted octanol–water partition coefficient (Wildman–Crippen LogP) is 4.17. The number of nitrogens with one attached hydrogen (secondary N) is 1. The van der Waals surface area contributed by atoms with E-state index in [0.29, 0.717) is 24.6 Å². The molecule has 3 rings (SSSR count). The summed E-state index contributed by atoms with van der Waals surface area (Å²) >= 11 is 0. The number of hydrogen-bond donors (Lipinski definition) is 1. The standard InChI is InChI=1S/C24H31FN4O2/c1-15(2)12-23(31)29-11-5-6-18(14-29)24-26-16(3)21(17(4)27-24)13-22(30)28-20-9-7-19(25)8-10-20/h7-10,15,18H,5-6,11-14H2,1-4H3,(H,28,30)/t18-/m0/s1. The third-order valence-corrected chi connectivity index (χ3v) is 5.63. The molecule has 0 spiro atoms. The second-order valence-corrected chi connectivity index (χ2v) is 8.74. The van der Waals surface area contributed by atoms with Crippen LogP contribution in [-0.2, 0) is 16.0 Å². The molecule has 6 nitrogen and oxygen atoms in total. The van der Waals surface area contributed by atoms with E-state index in [1.165, 1.54) is 24.3 Å². The van der Waals surface area contributed by atoms with Crippen LogP contribution in [0, 0.1) is 25.6 Å². The Kier molecular flexibility index (Phi) is 7.36. The van der Waals surface area contributed by atoms with Crippen LogP contribution in [0.3, 0.4) is 0 Å². The van der Waals surface area contributed by atoms with Crippen molar-refractivity contribution >= 4 is 17.5 Å². The normalized spacial score (nSPS) is 16.5. The highest BCUT2D eigenvalue weighted by molar-refractivity contribution is 5.92. The van der Waals surface area contributed by atoms with Crippen molar-refractivity contribution in [3.63, 3.8) is 0 Å². The van der Waals surface area contributed by atoms with Crippen molar-refractivity contribution in [2.24, 2.45) is 5.92 Å². The molecule has 2 heterocycles. The minimum atomic E-state index is -0.346. The third kappa shape index (κ3) is 6.09. The molecule has 7 heteroatoms. The zero-order chi connectivity index (χ0) is 22.5. The van der Waals surface area contributed by atoms with Crippen molar-refractivity contribution in [3.05, 3.63) is 52.9 Å². The van der Waals surface area contributed by atoms with Crippen LogP contribution < -0.4 is 5.32 Å². The van der Waals surface area contributed by atoms with Crippen molar-refractivity contribution in [3.8, 4) is 0 Å². The highest BCUT2D eigenvalue weighted by Crippen LogP contribution is 2.27. The number of piperidine rings is 1. The van der Waals surface area contributed by atoms with E-state index in [2.05, 4.69) is 19.2 Å². The maximum atomic E-state index is 13.0. The fraction of sp³-hybridized carbons (Fsp3) is 0.500. The number of carbonyl (C=O) groups excluding carboxylic acids is 2. The summed E-state index contributed by atoms with van der Waals surface area (Å²) in [6, 6.07) is 5.68. The molecular formula is C24H31FN4O2. The van der Waals surface area contributed by atoms with Gasteiger partial charge in [-0.25, -0.2) is 14.4 Å². The number of amides is 2. The molecule has 31 heavy (non-hydrogen) atoms. The summed E-state index contributed by atoms with van der Waals surface area (Å²) < 4.78 is 13.0. The number of hydrogen-bond acceptors (Lipinski definition) is 4. The number of aryl methyl sites for hydroxylation is 2. The Morgan fingerprint density at radius 1 is 1.16 bits per heavy atom. The van der Waals surface area contributed by atoms with Crippen LogP contribution in [0.4, 0.5) is 10.1 Å². The molecule has 1 aromatic heterocycles. The van der Waals surface area contributed by atoms with Gasteiger partial charge in [0.25, 0.3) is 0 Å². The maximum Gasteiger partial charge on any atom is 0.228 e. The fourth-order valence-electron chi connectivity index (χ4n) is 4.00. The van der Waals surface area contributed by atoms with Crippen molar-refractivity contribution in [2.45, 2.75) is 59.3 Å². The van der Waals surface area contributed by atoms with E-state index in [0.717, 1.165) is 42.2 Å². The van der Waals surface area contributed by atoms with Gasteiger partial charge in [-0.05, 0) is 56.9 Å². The van der Waals surface area contributed by atoms with Gasteiger partial charge in [-0.3, -0.25) is 9.59 Å². The van der Waals surface area contributed by atoms with Gasteiger partial charge in [0.1, 0.15) is 11.6 Å². The predicted molar refractivity (Wildman–Crippen MR) is 118 cm³/mol. The van der Waals surface area contributed by atoms with Crippen molar-refractivity contribution in [1.29, 1.82) is 0 Å². The summed E-state index contributed by atoms with van der Waals surface area (Å²) in [6.45, 7) is 9.34. The van der Waals surface area contributed by atoms with E-state index in [1.807, 2.05) is 18.7 Å². The lowest BCUT2D eigenvalue weighted by Gasteiger charge is -2.33. The number of aromatic nitrogens is 2. The molecule has 166 valence electrons. The molecule has 2 aromatic rings. The summed E-state index contributed by atoms with van der Waals surface area (Å²) in [7, 11) is 0. The lowest BCUT2D eigenvalue weighted by atomic mass is 9.95. The van der Waals surface area contributed by atoms with Crippen molar-refractivity contribution in [2.75, 3.05) is 18.4 Å². The van der Waals surface area contributed by atoms with Crippen molar-refractivity contribution in [1.82, 2.24) is 14.9 Å². The molecule has 1 atom stereocenters. The average molecular weight is 427 g/mol. The van der Waals surface area contributed by atoms with E-state index in [1.54, 1.807) is 0 Å². The van der Waals surface area contributed by atoms with Gasteiger partial charge < -0.3 is 10.2 Å². The Morgan fingerprint density at radius 3 is 2.42 bits per heavy atom. The van der Waals surface area contributed by atoms with E-state index in [-0.39, 0.29) is 30.0 Å². The summed E-state index contributed by atoms with van der Waals surface area (Å²) in [6.07, 6.45) is 2.61. The topological polar surface area (TPSA) is 75.2 Å². The number of likely N-dealkylation sites (tertiary alicyclic amines) is 1. The van der Waals surface area contributed by atoms with Gasteiger partial charge in [-0.1, -0.05) is 13.8 Å². The van der Waals surface area contributed by atoms with Gasteiger partial charge in [0.2, 0.25) is 11.8 Å².